The fourth-order valence-electron chi connectivity index (χ4n) is 1.83. The molecule has 0 atom stereocenters. The Balaban J connectivity index is 1.69. The van der Waals surface area contributed by atoms with E-state index in [4.69, 9.17) is 9.15 Å². The molecule has 0 aliphatic heterocycles. The first-order valence-electron chi connectivity index (χ1n) is 5.47. The van der Waals surface area contributed by atoms with Gasteiger partial charge in [0.25, 0.3) is 0 Å². The first-order valence-corrected chi connectivity index (χ1v) is 7.06. The van der Waals surface area contributed by atoms with Gasteiger partial charge in [0.1, 0.15) is 5.76 Å². The van der Waals surface area contributed by atoms with E-state index in [1.807, 2.05) is 13.0 Å². The third-order valence-corrected chi connectivity index (χ3v) is 4.47. The van der Waals surface area contributed by atoms with Crippen LogP contribution in [0.4, 0.5) is 0 Å². The van der Waals surface area contributed by atoms with Crippen molar-refractivity contribution in [3.8, 4) is 0 Å². The molecule has 1 fully saturated rings. The van der Waals surface area contributed by atoms with Gasteiger partial charge in [0.2, 0.25) is 0 Å². The highest BCUT2D eigenvalue weighted by atomic mass is 79.9. The molecule has 1 saturated carbocycles. The molecule has 0 spiro atoms. The molecule has 5 heteroatoms. The van der Waals surface area contributed by atoms with Crippen molar-refractivity contribution in [2.45, 2.75) is 38.5 Å². The quantitative estimate of drug-likeness (QED) is 0.881. The van der Waals surface area contributed by atoms with Crippen LogP contribution in [0.3, 0.4) is 0 Å². The van der Waals surface area contributed by atoms with Crippen LogP contribution in [0.25, 0.3) is 0 Å². The van der Waals surface area contributed by atoms with E-state index in [0.717, 1.165) is 40.9 Å². The molecular formula is C11H15Br2NO2. The third kappa shape index (κ3) is 3.09. The monoisotopic (exact) mass is 351 g/mol. The van der Waals surface area contributed by atoms with E-state index in [-0.39, 0.29) is 0 Å². The van der Waals surface area contributed by atoms with Crippen molar-refractivity contribution < 1.29 is 9.15 Å². The van der Waals surface area contributed by atoms with Gasteiger partial charge in [0.15, 0.2) is 4.67 Å². The highest BCUT2D eigenvalue weighted by molar-refractivity contribution is 9.13. The lowest BCUT2D eigenvalue weighted by atomic mass is 9.89. The van der Waals surface area contributed by atoms with Crippen LogP contribution in [0.1, 0.15) is 25.5 Å². The van der Waals surface area contributed by atoms with Gasteiger partial charge in [0.05, 0.1) is 17.1 Å². The zero-order valence-electron chi connectivity index (χ0n) is 9.13. The lowest BCUT2D eigenvalue weighted by molar-refractivity contribution is -0.0105. The van der Waals surface area contributed by atoms with Gasteiger partial charge in [-0.15, -0.1) is 0 Å². The molecule has 0 amide bonds. The van der Waals surface area contributed by atoms with Gasteiger partial charge in [-0.3, -0.25) is 0 Å². The Labute approximate surface area is 112 Å². The van der Waals surface area contributed by atoms with E-state index in [9.17, 15) is 0 Å². The summed E-state index contributed by atoms with van der Waals surface area (Å²) < 4.78 is 12.7. The predicted molar refractivity (Wildman–Crippen MR) is 69.4 cm³/mol. The fourth-order valence-corrected chi connectivity index (χ4v) is 2.49. The average Bonchev–Trinajstić information content (AvgIpc) is 2.50. The number of hydrogen-bond donors (Lipinski definition) is 1. The summed E-state index contributed by atoms with van der Waals surface area (Å²) in [7, 11) is 0. The first kappa shape index (κ1) is 12.6. The maximum atomic E-state index is 5.50. The zero-order chi connectivity index (χ0) is 11.5. The van der Waals surface area contributed by atoms with E-state index < -0.39 is 0 Å². The second kappa shape index (κ2) is 5.67. The predicted octanol–water partition coefficient (Wildman–Crippen LogP) is 3.46. The molecule has 0 radical (unpaired) electrons. The average molecular weight is 353 g/mol. The van der Waals surface area contributed by atoms with Crippen LogP contribution in [0.5, 0.6) is 0 Å². The second-order valence-corrected chi connectivity index (χ2v) is 5.54. The highest BCUT2D eigenvalue weighted by Crippen LogP contribution is 2.28. The van der Waals surface area contributed by atoms with Crippen LogP contribution < -0.4 is 5.32 Å². The Morgan fingerprint density at radius 1 is 1.50 bits per heavy atom. The normalized spacial score (nSPS) is 24.4. The molecular weight excluding hydrogens is 338 g/mol. The van der Waals surface area contributed by atoms with Gasteiger partial charge >= 0.3 is 0 Å². The molecule has 1 aliphatic carbocycles. The van der Waals surface area contributed by atoms with Gasteiger partial charge in [-0.25, -0.2) is 0 Å². The Morgan fingerprint density at radius 2 is 2.25 bits per heavy atom. The standard InChI is InChI=1S/C11H15Br2NO2/c1-2-15-8-3-7(4-8)14-6-9-5-10(12)11(13)16-9/h5,7-8,14H,2-4,6H2,1H3. The van der Waals surface area contributed by atoms with Gasteiger partial charge in [-0.1, -0.05) is 0 Å². The number of halogens is 2. The van der Waals surface area contributed by atoms with Crippen molar-refractivity contribution >= 4 is 31.9 Å². The van der Waals surface area contributed by atoms with Crippen molar-refractivity contribution in [3.05, 3.63) is 21.0 Å². The Bertz CT molecular complexity index is 328. The summed E-state index contributed by atoms with van der Waals surface area (Å²) >= 11 is 6.72. The lowest BCUT2D eigenvalue weighted by Gasteiger charge is -2.35. The van der Waals surface area contributed by atoms with Crippen LogP contribution in [0.15, 0.2) is 19.6 Å². The minimum Gasteiger partial charge on any atom is -0.452 e. The molecule has 0 unspecified atom stereocenters. The molecule has 90 valence electrons. The summed E-state index contributed by atoms with van der Waals surface area (Å²) in [5.74, 6) is 0.943. The summed E-state index contributed by atoms with van der Waals surface area (Å²) in [6.45, 7) is 3.63. The van der Waals surface area contributed by atoms with E-state index in [1.54, 1.807) is 0 Å². The van der Waals surface area contributed by atoms with Gasteiger partial charge in [0, 0.05) is 12.6 Å². The van der Waals surface area contributed by atoms with Crippen molar-refractivity contribution in [1.82, 2.24) is 5.32 Å². The summed E-state index contributed by atoms with van der Waals surface area (Å²) in [5.41, 5.74) is 0. The van der Waals surface area contributed by atoms with E-state index >= 15 is 0 Å². The molecule has 1 heterocycles. The van der Waals surface area contributed by atoms with Crippen molar-refractivity contribution in [2.24, 2.45) is 0 Å². The SMILES string of the molecule is CCOC1CC(NCc2cc(Br)c(Br)o2)C1. The fraction of sp³-hybridized carbons (Fsp3) is 0.636. The molecule has 1 aromatic heterocycles. The summed E-state index contributed by atoms with van der Waals surface area (Å²) in [4.78, 5) is 0. The third-order valence-electron chi connectivity index (χ3n) is 2.76. The molecule has 0 bridgehead atoms. The molecule has 1 aliphatic rings. The molecule has 1 N–H and O–H groups in total. The zero-order valence-corrected chi connectivity index (χ0v) is 12.3. The summed E-state index contributed by atoms with van der Waals surface area (Å²) in [6, 6.07) is 2.55. The highest BCUT2D eigenvalue weighted by Gasteiger charge is 2.29. The van der Waals surface area contributed by atoms with Crippen LogP contribution in [0.2, 0.25) is 0 Å². The van der Waals surface area contributed by atoms with Crippen LogP contribution in [-0.2, 0) is 11.3 Å². The molecule has 2 rings (SSSR count). The molecule has 1 aromatic rings. The number of nitrogens with one attached hydrogen (secondary N) is 1. The first-order chi connectivity index (χ1) is 7.69. The molecule has 16 heavy (non-hydrogen) atoms. The number of furan rings is 1. The largest absolute Gasteiger partial charge is 0.452 e. The smallest absolute Gasteiger partial charge is 0.183 e. The van der Waals surface area contributed by atoms with Gasteiger partial charge in [-0.2, -0.15) is 0 Å². The topological polar surface area (TPSA) is 34.4 Å². The molecule has 3 nitrogen and oxygen atoms in total. The Hall–Kier alpha value is 0.160. The second-order valence-electron chi connectivity index (χ2n) is 3.96. The van der Waals surface area contributed by atoms with E-state index in [0.29, 0.717) is 12.1 Å². The molecule has 0 saturated heterocycles. The minimum absolute atomic E-state index is 0.456. The van der Waals surface area contributed by atoms with Crippen molar-refractivity contribution in [1.29, 1.82) is 0 Å². The maximum absolute atomic E-state index is 5.50. The summed E-state index contributed by atoms with van der Waals surface area (Å²) in [6.07, 6.45) is 2.67. The van der Waals surface area contributed by atoms with Crippen LogP contribution >= 0.6 is 31.9 Å². The van der Waals surface area contributed by atoms with E-state index in [1.165, 1.54) is 0 Å². The van der Waals surface area contributed by atoms with Crippen molar-refractivity contribution in [3.63, 3.8) is 0 Å². The number of hydrogen-bond acceptors (Lipinski definition) is 3. The Kier molecular flexibility index (Phi) is 4.47. The minimum atomic E-state index is 0.456. The van der Waals surface area contributed by atoms with Crippen molar-refractivity contribution in [2.75, 3.05) is 6.61 Å². The van der Waals surface area contributed by atoms with Crippen LogP contribution in [-0.4, -0.2) is 18.8 Å². The van der Waals surface area contributed by atoms with Gasteiger partial charge < -0.3 is 14.5 Å². The lowest BCUT2D eigenvalue weighted by Crippen LogP contribution is -2.45. The van der Waals surface area contributed by atoms with Gasteiger partial charge in [-0.05, 0) is 57.7 Å². The molecule has 0 aromatic carbocycles. The maximum Gasteiger partial charge on any atom is 0.183 e. The number of ether oxygens (including phenoxy) is 1. The van der Waals surface area contributed by atoms with Crippen LogP contribution in [0, 0.1) is 0 Å². The summed E-state index contributed by atoms with van der Waals surface area (Å²) in [5, 5.41) is 3.45. The van der Waals surface area contributed by atoms with E-state index in [2.05, 4.69) is 37.2 Å². The number of rotatable bonds is 5. The Morgan fingerprint density at radius 3 is 2.81 bits per heavy atom.